The van der Waals surface area contributed by atoms with Crippen LogP contribution >= 0.6 is 11.3 Å². The van der Waals surface area contributed by atoms with Crippen LogP contribution in [-0.4, -0.2) is 16.0 Å². The number of hydrogen-bond acceptors (Lipinski definition) is 4. The number of hydrogen-bond donors (Lipinski definition) is 2. The Labute approximate surface area is 105 Å². The maximum Gasteiger partial charge on any atom is 0.226 e. The lowest BCUT2D eigenvalue weighted by molar-refractivity contribution is -0.117. The Bertz CT molecular complexity index is 384. The number of carbonyl (C=O) groups excluding carboxylic acids is 1. The molecule has 0 bridgehead atoms. The van der Waals surface area contributed by atoms with Crippen LogP contribution in [0.25, 0.3) is 0 Å². The monoisotopic (exact) mass is 254 g/mol. The van der Waals surface area contributed by atoms with Crippen molar-refractivity contribution in [3.63, 3.8) is 0 Å². The molecule has 0 aliphatic heterocycles. The Morgan fingerprint density at radius 3 is 2.94 bits per heavy atom. The minimum atomic E-state index is -0.577. The second-order valence-electron chi connectivity index (χ2n) is 4.66. The largest absolute Gasteiger partial charge is 0.387 e. The van der Waals surface area contributed by atoms with E-state index in [1.807, 2.05) is 0 Å². The molecule has 5 heteroatoms. The van der Waals surface area contributed by atoms with Crippen LogP contribution in [0, 0.1) is 5.92 Å². The van der Waals surface area contributed by atoms with E-state index >= 15 is 0 Å². The first-order chi connectivity index (χ1) is 8.15. The van der Waals surface area contributed by atoms with Crippen LogP contribution in [0.15, 0.2) is 5.38 Å². The molecule has 1 fully saturated rings. The van der Waals surface area contributed by atoms with E-state index in [4.69, 9.17) is 0 Å². The fourth-order valence-electron chi connectivity index (χ4n) is 2.18. The first kappa shape index (κ1) is 12.5. The normalized spacial score (nSPS) is 18.2. The summed E-state index contributed by atoms with van der Waals surface area (Å²) in [7, 11) is 0. The molecule has 0 saturated heterocycles. The van der Waals surface area contributed by atoms with E-state index in [2.05, 4.69) is 10.3 Å². The van der Waals surface area contributed by atoms with Crippen molar-refractivity contribution in [3.05, 3.63) is 11.1 Å². The van der Waals surface area contributed by atoms with E-state index in [0.717, 1.165) is 0 Å². The smallest absolute Gasteiger partial charge is 0.226 e. The van der Waals surface area contributed by atoms with Gasteiger partial charge in [0.1, 0.15) is 0 Å². The number of amides is 1. The molecule has 4 nitrogen and oxygen atoms in total. The highest BCUT2D eigenvalue weighted by Crippen LogP contribution is 2.28. The summed E-state index contributed by atoms with van der Waals surface area (Å²) in [5.41, 5.74) is 0.617. The number of carbonyl (C=O) groups is 1. The van der Waals surface area contributed by atoms with Crippen molar-refractivity contribution in [3.8, 4) is 0 Å². The quantitative estimate of drug-likeness (QED) is 0.868. The van der Waals surface area contributed by atoms with Gasteiger partial charge >= 0.3 is 0 Å². The summed E-state index contributed by atoms with van der Waals surface area (Å²) in [6, 6.07) is 0. The average Bonchev–Trinajstić information content (AvgIpc) is 2.88. The van der Waals surface area contributed by atoms with E-state index in [-0.39, 0.29) is 5.91 Å². The molecular formula is C12H18N2O2S. The molecular weight excluding hydrogens is 236 g/mol. The van der Waals surface area contributed by atoms with Gasteiger partial charge in [0.2, 0.25) is 5.91 Å². The van der Waals surface area contributed by atoms with Crippen LogP contribution in [-0.2, 0) is 4.79 Å². The van der Waals surface area contributed by atoms with Crippen molar-refractivity contribution in [2.24, 2.45) is 5.92 Å². The van der Waals surface area contributed by atoms with E-state index < -0.39 is 6.10 Å². The van der Waals surface area contributed by atoms with E-state index in [1.165, 1.54) is 37.0 Å². The Hall–Kier alpha value is -0.940. The van der Waals surface area contributed by atoms with Gasteiger partial charge in [0.05, 0.1) is 11.8 Å². The number of nitrogens with zero attached hydrogens (tertiary/aromatic N) is 1. The molecule has 1 unspecified atom stereocenters. The molecule has 1 amide bonds. The average molecular weight is 254 g/mol. The number of anilines is 1. The first-order valence-electron chi connectivity index (χ1n) is 6.08. The lowest BCUT2D eigenvalue weighted by Crippen LogP contribution is -2.15. The minimum absolute atomic E-state index is 0.0448. The van der Waals surface area contributed by atoms with Crippen molar-refractivity contribution in [1.82, 2.24) is 4.98 Å². The molecule has 1 heterocycles. The molecule has 1 aliphatic rings. The molecule has 0 spiro atoms. The van der Waals surface area contributed by atoms with Gasteiger partial charge in [-0.3, -0.25) is 4.79 Å². The summed E-state index contributed by atoms with van der Waals surface area (Å²) in [6.07, 6.45) is 4.87. The number of aliphatic hydroxyl groups excluding tert-OH is 1. The van der Waals surface area contributed by atoms with Crippen LogP contribution < -0.4 is 5.32 Å². The molecule has 1 atom stereocenters. The molecule has 0 aromatic carbocycles. The Balaban J connectivity index is 1.84. The van der Waals surface area contributed by atoms with Crippen LogP contribution in [0.3, 0.4) is 0 Å². The predicted molar refractivity (Wildman–Crippen MR) is 68.0 cm³/mol. The van der Waals surface area contributed by atoms with Gasteiger partial charge in [-0.25, -0.2) is 4.98 Å². The maximum atomic E-state index is 11.7. The van der Waals surface area contributed by atoms with Gasteiger partial charge in [-0.15, -0.1) is 11.3 Å². The van der Waals surface area contributed by atoms with Crippen molar-refractivity contribution in [1.29, 1.82) is 0 Å². The third-order valence-corrected chi connectivity index (χ3v) is 3.92. The topological polar surface area (TPSA) is 62.2 Å². The molecule has 1 aromatic heterocycles. The number of thiazole rings is 1. The van der Waals surface area contributed by atoms with Crippen LogP contribution in [0.4, 0.5) is 5.13 Å². The zero-order chi connectivity index (χ0) is 12.3. The van der Waals surface area contributed by atoms with Crippen LogP contribution in [0.1, 0.15) is 50.8 Å². The summed E-state index contributed by atoms with van der Waals surface area (Å²) in [6.45, 7) is 1.67. The zero-order valence-corrected chi connectivity index (χ0v) is 10.8. The number of rotatable bonds is 4. The lowest BCUT2D eigenvalue weighted by Gasteiger charge is -2.07. The van der Waals surface area contributed by atoms with Crippen molar-refractivity contribution >= 4 is 22.4 Å². The fourth-order valence-corrected chi connectivity index (χ4v) is 3.00. The molecule has 0 radical (unpaired) electrons. The van der Waals surface area contributed by atoms with E-state index in [9.17, 15) is 9.90 Å². The molecule has 2 rings (SSSR count). The van der Waals surface area contributed by atoms with Gasteiger partial charge in [-0.1, -0.05) is 12.8 Å². The molecule has 2 N–H and O–H groups in total. The van der Waals surface area contributed by atoms with E-state index in [1.54, 1.807) is 12.3 Å². The highest BCUT2D eigenvalue weighted by molar-refractivity contribution is 7.13. The summed E-state index contributed by atoms with van der Waals surface area (Å²) in [5, 5.41) is 14.5. The van der Waals surface area contributed by atoms with Crippen molar-refractivity contribution < 1.29 is 9.90 Å². The lowest BCUT2D eigenvalue weighted by atomic mass is 10.0. The SMILES string of the molecule is CC(O)c1csc(NC(=O)CC2CCCC2)n1. The van der Waals surface area contributed by atoms with Crippen LogP contribution in [0.2, 0.25) is 0 Å². The van der Waals surface area contributed by atoms with Gasteiger partial charge in [0, 0.05) is 11.8 Å². The summed E-state index contributed by atoms with van der Waals surface area (Å²) in [5.74, 6) is 0.592. The Morgan fingerprint density at radius 2 is 2.35 bits per heavy atom. The Morgan fingerprint density at radius 1 is 1.65 bits per heavy atom. The standard InChI is InChI=1S/C12H18N2O2S/c1-8(15)10-7-17-12(13-10)14-11(16)6-9-4-2-3-5-9/h7-9,15H,2-6H2,1H3,(H,13,14,16). The van der Waals surface area contributed by atoms with Gasteiger partial charge in [-0.2, -0.15) is 0 Å². The van der Waals surface area contributed by atoms with Gasteiger partial charge in [-0.05, 0) is 25.7 Å². The predicted octanol–water partition coefficient (Wildman–Crippen LogP) is 2.72. The van der Waals surface area contributed by atoms with Gasteiger partial charge < -0.3 is 10.4 Å². The first-order valence-corrected chi connectivity index (χ1v) is 6.96. The molecule has 17 heavy (non-hydrogen) atoms. The molecule has 94 valence electrons. The van der Waals surface area contributed by atoms with E-state index in [0.29, 0.717) is 23.2 Å². The number of nitrogens with one attached hydrogen (secondary N) is 1. The highest BCUT2D eigenvalue weighted by Gasteiger charge is 2.19. The highest BCUT2D eigenvalue weighted by atomic mass is 32.1. The summed E-state index contributed by atoms with van der Waals surface area (Å²) < 4.78 is 0. The summed E-state index contributed by atoms with van der Waals surface area (Å²) >= 11 is 1.36. The maximum absolute atomic E-state index is 11.7. The molecule has 1 aliphatic carbocycles. The minimum Gasteiger partial charge on any atom is -0.387 e. The van der Waals surface area contributed by atoms with Crippen molar-refractivity contribution in [2.75, 3.05) is 5.32 Å². The van der Waals surface area contributed by atoms with Gasteiger partial charge in [0.15, 0.2) is 5.13 Å². The van der Waals surface area contributed by atoms with Crippen molar-refractivity contribution in [2.45, 2.75) is 45.1 Å². The summed E-state index contributed by atoms with van der Waals surface area (Å²) in [4.78, 5) is 15.9. The second-order valence-corrected chi connectivity index (χ2v) is 5.51. The van der Waals surface area contributed by atoms with Crippen LogP contribution in [0.5, 0.6) is 0 Å². The third kappa shape index (κ3) is 3.51. The number of aromatic nitrogens is 1. The zero-order valence-electron chi connectivity index (χ0n) is 9.98. The second kappa shape index (κ2) is 5.60. The Kier molecular flexibility index (Phi) is 4.12. The number of aliphatic hydroxyl groups is 1. The molecule has 1 saturated carbocycles. The van der Waals surface area contributed by atoms with Gasteiger partial charge in [0.25, 0.3) is 0 Å². The third-order valence-electron chi connectivity index (χ3n) is 3.15. The fraction of sp³-hybridized carbons (Fsp3) is 0.667. The molecule has 1 aromatic rings.